The molecule has 1 amide bonds. The summed E-state index contributed by atoms with van der Waals surface area (Å²) in [7, 11) is 2.92. The fourth-order valence-electron chi connectivity index (χ4n) is 2.92. The fourth-order valence-corrected chi connectivity index (χ4v) is 3.66. The van der Waals surface area contributed by atoms with Crippen LogP contribution in [0.2, 0.25) is 5.02 Å². The number of nitrogens with one attached hydrogen (secondary N) is 1. The molecule has 0 spiro atoms. The Morgan fingerprint density at radius 3 is 2.42 bits per heavy atom. The predicted octanol–water partition coefficient (Wildman–Crippen LogP) is 6.24. The first-order chi connectivity index (χ1) is 15.9. The number of nitriles is 1. The molecule has 0 aliphatic carbocycles. The van der Waals surface area contributed by atoms with Gasteiger partial charge in [0.25, 0.3) is 5.91 Å². The van der Waals surface area contributed by atoms with E-state index in [2.05, 4.69) is 21.2 Å². The Morgan fingerprint density at radius 1 is 1.06 bits per heavy atom. The molecule has 0 fully saturated rings. The Hall–Kier alpha value is -3.47. The van der Waals surface area contributed by atoms with Crippen LogP contribution in [0.4, 0.5) is 5.69 Å². The van der Waals surface area contributed by atoms with Gasteiger partial charge in [0, 0.05) is 12.1 Å². The number of carbonyl (C=O) groups excluding carboxylic acids is 1. The summed E-state index contributed by atoms with van der Waals surface area (Å²) in [5.74, 6) is 0.761. The summed E-state index contributed by atoms with van der Waals surface area (Å²) < 4.78 is 17.0. The highest BCUT2D eigenvalue weighted by atomic mass is 79.9. The van der Waals surface area contributed by atoms with Crippen LogP contribution in [0.25, 0.3) is 6.08 Å². The number of halogens is 2. The standard InChI is InChI=1S/C25H20BrClN2O4/c1-31-23-13-21(24(32-2)12-20(23)27)29-25(30)18(14-28)10-17-8-9-22(19(26)11-17)33-15-16-6-4-3-5-7-16/h3-13H,15H2,1-2H3,(H,29,30)/b18-10+. The highest BCUT2D eigenvalue weighted by Crippen LogP contribution is 2.36. The molecule has 8 heteroatoms. The predicted molar refractivity (Wildman–Crippen MR) is 132 cm³/mol. The molecule has 0 aromatic heterocycles. The van der Waals surface area contributed by atoms with E-state index in [9.17, 15) is 10.1 Å². The zero-order chi connectivity index (χ0) is 23.8. The summed E-state index contributed by atoms with van der Waals surface area (Å²) in [5, 5.41) is 12.6. The summed E-state index contributed by atoms with van der Waals surface area (Å²) in [5.41, 5.74) is 1.94. The number of rotatable bonds is 8. The molecule has 0 atom stereocenters. The second kappa shape index (κ2) is 11.4. The molecule has 0 aliphatic rings. The minimum absolute atomic E-state index is 0.0872. The van der Waals surface area contributed by atoms with E-state index < -0.39 is 5.91 Å². The van der Waals surface area contributed by atoms with Gasteiger partial charge in [0.15, 0.2) is 0 Å². The van der Waals surface area contributed by atoms with Crippen molar-refractivity contribution in [3.63, 3.8) is 0 Å². The van der Waals surface area contributed by atoms with Crippen molar-refractivity contribution in [3.05, 3.63) is 86.9 Å². The van der Waals surface area contributed by atoms with E-state index in [0.717, 1.165) is 5.56 Å². The molecule has 0 unspecified atom stereocenters. The van der Waals surface area contributed by atoms with Gasteiger partial charge in [-0.2, -0.15) is 5.26 Å². The second-order valence-corrected chi connectivity index (χ2v) is 8.04. The SMILES string of the molecule is COc1cc(NC(=O)/C(C#N)=C/c2ccc(OCc3ccccc3)c(Br)c2)c(OC)cc1Cl. The molecule has 3 rings (SSSR count). The zero-order valence-corrected chi connectivity index (χ0v) is 20.2. The quantitative estimate of drug-likeness (QED) is 0.277. The molecule has 33 heavy (non-hydrogen) atoms. The molecule has 0 saturated heterocycles. The molecule has 0 saturated carbocycles. The zero-order valence-electron chi connectivity index (χ0n) is 17.9. The van der Waals surface area contributed by atoms with E-state index in [1.807, 2.05) is 36.4 Å². The van der Waals surface area contributed by atoms with Gasteiger partial charge in [-0.15, -0.1) is 0 Å². The van der Waals surface area contributed by atoms with E-state index in [1.54, 1.807) is 18.2 Å². The van der Waals surface area contributed by atoms with Gasteiger partial charge in [-0.3, -0.25) is 4.79 Å². The van der Waals surface area contributed by atoms with Gasteiger partial charge in [-0.1, -0.05) is 48.0 Å². The van der Waals surface area contributed by atoms with Crippen molar-refractivity contribution >= 4 is 45.2 Å². The van der Waals surface area contributed by atoms with E-state index in [4.69, 9.17) is 25.8 Å². The topological polar surface area (TPSA) is 80.6 Å². The van der Waals surface area contributed by atoms with Crippen molar-refractivity contribution in [2.24, 2.45) is 0 Å². The number of hydrogen-bond donors (Lipinski definition) is 1. The third kappa shape index (κ3) is 6.28. The summed E-state index contributed by atoms with van der Waals surface area (Å²) in [6.45, 7) is 0.423. The lowest BCUT2D eigenvalue weighted by molar-refractivity contribution is -0.112. The molecule has 3 aromatic carbocycles. The Balaban J connectivity index is 1.77. The van der Waals surface area contributed by atoms with E-state index >= 15 is 0 Å². The number of methoxy groups -OCH3 is 2. The maximum atomic E-state index is 12.7. The third-order valence-corrected chi connectivity index (χ3v) is 5.51. The van der Waals surface area contributed by atoms with Gasteiger partial charge < -0.3 is 19.5 Å². The lowest BCUT2D eigenvalue weighted by Gasteiger charge is -2.13. The summed E-state index contributed by atoms with van der Waals surface area (Å²) in [6, 6.07) is 20.1. The lowest BCUT2D eigenvalue weighted by Crippen LogP contribution is -2.14. The van der Waals surface area contributed by atoms with Crippen LogP contribution in [0.3, 0.4) is 0 Å². The number of carbonyl (C=O) groups is 1. The highest BCUT2D eigenvalue weighted by Gasteiger charge is 2.16. The van der Waals surface area contributed by atoms with Gasteiger partial charge in [0.1, 0.15) is 35.5 Å². The number of benzene rings is 3. The van der Waals surface area contributed by atoms with Crippen LogP contribution in [0.15, 0.2) is 70.7 Å². The van der Waals surface area contributed by atoms with Crippen molar-refractivity contribution in [1.29, 1.82) is 5.26 Å². The molecule has 0 aliphatic heterocycles. The minimum Gasteiger partial charge on any atom is -0.495 e. The van der Waals surface area contributed by atoms with Crippen molar-refractivity contribution in [1.82, 2.24) is 0 Å². The lowest BCUT2D eigenvalue weighted by atomic mass is 10.1. The van der Waals surface area contributed by atoms with Crippen molar-refractivity contribution in [2.45, 2.75) is 6.61 Å². The first-order valence-electron chi connectivity index (χ1n) is 9.76. The molecule has 168 valence electrons. The molecule has 3 aromatic rings. The number of amides is 1. The average molecular weight is 528 g/mol. The fraction of sp³-hybridized carbons (Fsp3) is 0.120. The van der Waals surface area contributed by atoms with E-state index in [0.29, 0.717) is 44.6 Å². The Bertz CT molecular complexity index is 1220. The maximum Gasteiger partial charge on any atom is 0.266 e. The minimum atomic E-state index is -0.597. The molecule has 6 nitrogen and oxygen atoms in total. The van der Waals surface area contributed by atoms with Crippen molar-refractivity contribution in [2.75, 3.05) is 19.5 Å². The van der Waals surface area contributed by atoms with Gasteiger partial charge in [0.2, 0.25) is 0 Å². The molecule has 0 heterocycles. The first kappa shape index (κ1) is 24.2. The maximum absolute atomic E-state index is 12.7. The average Bonchev–Trinajstić information content (AvgIpc) is 2.83. The Kier molecular flexibility index (Phi) is 8.36. The van der Waals surface area contributed by atoms with Crippen LogP contribution in [0.1, 0.15) is 11.1 Å². The number of nitrogens with zero attached hydrogens (tertiary/aromatic N) is 1. The first-order valence-corrected chi connectivity index (χ1v) is 10.9. The molecule has 0 radical (unpaired) electrons. The highest BCUT2D eigenvalue weighted by molar-refractivity contribution is 9.10. The summed E-state index contributed by atoms with van der Waals surface area (Å²) in [6.07, 6.45) is 1.49. The van der Waals surface area contributed by atoms with Crippen LogP contribution in [-0.2, 0) is 11.4 Å². The van der Waals surface area contributed by atoms with E-state index in [-0.39, 0.29) is 5.57 Å². The normalized spacial score (nSPS) is 10.8. The Labute approximate surface area is 205 Å². The van der Waals surface area contributed by atoms with Gasteiger partial charge in [0.05, 0.1) is 29.4 Å². The van der Waals surface area contributed by atoms with E-state index in [1.165, 1.54) is 32.4 Å². The number of hydrogen-bond acceptors (Lipinski definition) is 5. The monoisotopic (exact) mass is 526 g/mol. The molecular weight excluding hydrogens is 508 g/mol. The van der Waals surface area contributed by atoms with Crippen LogP contribution >= 0.6 is 27.5 Å². The van der Waals surface area contributed by atoms with Crippen molar-refractivity contribution < 1.29 is 19.0 Å². The molecule has 0 bridgehead atoms. The third-order valence-electron chi connectivity index (χ3n) is 4.59. The van der Waals surface area contributed by atoms with Crippen molar-refractivity contribution in [3.8, 4) is 23.3 Å². The molecular formula is C25H20BrClN2O4. The second-order valence-electron chi connectivity index (χ2n) is 6.78. The van der Waals surface area contributed by atoms with Crippen LogP contribution in [-0.4, -0.2) is 20.1 Å². The van der Waals surface area contributed by atoms with Gasteiger partial charge >= 0.3 is 0 Å². The smallest absolute Gasteiger partial charge is 0.266 e. The van der Waals surface area contributed by atoms with Crippen LogP contribution < -0.4 is 19.5 Å². The number of anilines is 1. The largest absolute Gasteiger partial charge is 0.495 e. The van der Waals surface area contributed by atoms with Gasteiger partial charge in [-0.25, -0.2) is 0 Å². The summed E-state index contributed by atoms with van der Waals surface area (Å²) >= 11 is 9.59. The Morgan fingerprint density at radius 2 is 1.79 bits per heavy atom. The molecule has 1 N–H and O–H groups in total. The van der Waals surface area contributed by atoms with Gasteiger partial charge in [-0.05, 0) is 45.3 Å². The van der Waals surface area contributed by atoms with Crippen LogP contribution in [0.5, 0.6) is 17.2 Å². The van der Waals surface area contributed by atoms with Crippen LogP contribution in [0, 0.1) is 11.3 Å². The number of ether oxygens (including phenoxy) is 3. The summed E-state index contributed by atoms with van der Waals surface area (Å²) in [4.78, 5) is 12.7.